The van der Waals surface area contributed by atoms with Crippen molar-refractivity contribution in [1.29, 1.82) is 0 Å². The van der Waals surface area contributed by atoms with Crippen LogP contribution in [0.5, 0.6) is 0 Å². The normalized spacial score (nSPS) is 13.7. The highest BCUT2D eigenvalue weighted by atomic mass is 35.5. The van der Waals surface area contributed by atoms with Crippen molar-refractivity contribution >= 4 is 17.6 Å². The van der Waals surface area contributed by atoms with Gasteiger partial charge in [0.1, 0.15) is 5.54 Å². The fourth-order valence-corrected chi connectivity index (χ4v) is 2.05. The summed E-state index contributed by atoms with van der Waals surface area (Å²) in [6.45, 7) is 6.11. The van der Waals surface area contributed by atoms with E-state index in [4.69, 9.17) is 16.3 Å². The zero-order valence-electron chi connectivity index (χ0n) is 10.7. The Bertz CT molecular complexity index is 416. The fraction of sp³-hybridized carbons (Fsp3) is 0.357. The third-order valence-electron chi connectivity index (χ3n) is 2.95. The van der Waals surface area contributed by atoms with Crippen molar-refractivity contribution < 1.29 is 9.53 Å². The van der Waals surface area contributed by atoms with E-state index in [0.29, 0.717) is 18.0 Å². The molecule has 0 aliphatic heterocycles. The Morgan fingerprint density at radius 3 is 2.56 bits per heavy atom. The SMILES string of the molecule is C=CCNC(CC)(C(=O)OC)c1ccc(Cl)cc1. The number of rotatable bonds is 6. The molecule has 18 heavy (non-hydrogen) atoms. The Kier molecular flexibility index (Phi) is 5.38. The van der Waals surface area contributed by atoms with E-state index < -0.39 is 5.54 Å². The van der Waals surface area contributed by atoms with Crippen LogP contribution in [0.25, 0.3) is 0 Å². The molecule has 1 atom stereocenters. The van der Waals surface area contributed by atoms with Crippen molar-refractivity contribution in [2.24, 2.45) is 0 Å². The summed E-state index contributed by atoms with van der Waals surface area (Å²) in [4.78, 5) is 12.1. The summed E-state index contributed by atoms with van der Waals surface area (Å²) >= 11 is 5.87. The maximum atomic E-state index is 12.1. The maximum Gasteiger partial charge on any atom is 0.330 e. The van der Waals surface area contributed by atoms with Crippen LogP contribution in [0, 0.1) is 0 Å². The van der Waals surface area contributed by atoms with Gasteiger partial charge < -0.3 is 4.74 Å². The van der Waals surface area contributed by atoms with Crippen LogP contribution in [0.2, 0.25) is 5.02 Å². The third-order valence-corrected chi connectivity index (χ3v) is 3.20. The van der Waals surface area contributed by atoms with Gasteiger partial charge in [-0.2, -0.15) is 0 Å². The van der Waals surface area contributed by atoms with Gasteiger partial charge in [-0.05, 0) is 24.1 Å². The van der Waals surface area contributed by atoms with Gasteiger partial charge in [-0.25, -0.2) is 4.79 Å². The van der Waals surface area contributed by atoms with E-state index in [-0.39, 0.29) is 5.97 Å². The second kappa shape index (κ2) is 6.57. The van der Waals surface area contributed by atoms with Gasteiger partial charge >= 0.3 is 5.97 Å². The molecule has 0 radical (unpaired) electrons. The molecule has 1 aromatic rings. The van der Waals surface area contributed by atoms with Crippen molar-refractivity contribution in [3.63, 3.8) is 0 Å². The largest absolute Gasteiger partial charge is 0.467 e. The molecular formula is C14H18ClNO2. The Morgan fingerprint density at radius 1 is 1.50 bits per heavy atom. The smallest absolute Gasteiger partial charge is 0.330 e. The first-order valence-electron chi connectivity index (χ1n) is 5.81. The van der Waals surface area contributed by atoms with Gasteiger partial charge in [0.05, 0.1) is 7.11 Å². The van der Waals surface area contributed by atoms with Crippen LogP contribution in [-0.4, -0.2) is 19.6 Å². The minimum absolute atomic E-state index is 0.311. The molecule has 0 aromatic heterocycles. The van der Waals surface area contributed by atoms with Crippen LogP contribution in [0.15, 0.2) is 36.9 Å². The highest BCUT2D eigenvalue weighted by molar-refractivity contribution is 6.30. The summed E-state index contributed by atoms with van der Waals surface area (Å²) in [5, 5.41) is 3.82. The summed E-state index contributed by atoms with van der Waals surface area (Å²) in [6, 6.07) is 7.19. The number of nitrogens with one attached hydrogen (secondary N) is 1. The Hall–Kier alpha value is -1.32. The van der Waals surface area contributed by atoms with E-state index in [9.17, 15) is 4.79 Å². The number of hydrogen-bond donors (Lipinski definition) is 1. The molecular weight excluding hydrogens is 250 g/mol. The molecule has 1 N–H and O–H groups in total. The molecule has 0 aliphatic carbocycles. The summed E-state index contributed by atoms with van der Waals surface area (Å²) in [6.07, 6.45) is 2.29. The number of halogens is 1. The molecule has 0 heterocycles. The second-order valence-corrected chi connectivity index (χ2v) is 4.36. The Balaban J connectivity index is 3.19. The predicted molar refractivity (Wildman–Crippen MR) is 73.6 cm³/mol. The van der Waals surface area contributed by atoms with E-state index >= 15 is 0 Å². The van der Waals surface area contributed by atoms with E-state index in [2.05, 4.69) is 11.9 Å². The van der Waals surface area contributed by atoms with E-state index in [1.54, 1.807) is 18.2 Å². The molecule has 0 fully saturated rings. The van der Waals surface area contributed by atoms with Crippen molar-refractivity contribution in [3.8, 4) is 0 Å². The van der Waals surface area contributed by atoms with E-state index in [1.165, 1.54) is 7.11 Å². The van der Waals surface area contributed by atoms with Gasteiger partial charge in [0.15, 0.2) is 0 Å². The lowest BCUT2D eigenvalue weighted by Crippen LogP contribution is -2.49. The first-order chi connectivity index (χ1) is 8.60. The highest BCUT2D eigenvalue weighted by Crippen LogP contribution is 2.27. The van der Waals surface area contributed by atoms with Crippen LogP contribution in [0.3, 0.4) is 0 Å². The number of methoxy groups -OCH3 is 1. The fourth-order valence-electron chi connectivity index (χ4n) is 1.92. The number of esters is 1. The standard InChI is InChI=1S/C14H18ClNO2/c1-4-10-16-14(5-2,13(17)18-3)11-6-8-12(15)9-7-11/h4,6-9,16H,1,5,10H2,2-3H3. The Labute approximate surface area is 113 Å². The predicted octanol–water partition coefficient (Wildman–Crippen LogP) is 2.89. The number of benzene rings is 1. The van der Waals surface area contributed by atoms with Gasteiger partial charge in [-0.15, -0.1) is 6.58 Å². The third kappa shape index (κ3) is 2.92. The number of hydrogen-bond acceptors (Lipinski definition) is 3. The van der Waals surface area contributed by atoms with Gasteiger partial charge in [0.25, 0.3) is 0 Å². The molecule has 1 aromatic carbocycles. The molecule has 0 spiro atoms. The van der Waals surface area contributed by atoms with Crippen LogP contribution >= 0.6 is 11.6 Å². The molecule has 1 rings (SSSR count). The molecule has 0 bridgehead atoms. The first kappa shape index (κ1) is 14.7. The molecule has 4 heteroatoms. The minimum Gasteiger partial charge on any atom is -0.467 e. The maximum absolute atomic E-state index is 12.1. The summed E-state index contributed by atoms with van der Waals surface area (Å²) in [7, 11) is 1.39. The van der Waals surface area contributed by atoms with Crippen LogP contribution in [0.1, 0.15) is 18.9 Å². The molecule has 0 amide bonds. The summed E-state index contributed by atoms with van der Waals surface area (Å²) in [5.74, 6) is -0.311. The van der Waals surface area contributed by atoms with Crippen molar-refractivity contribution in [1.82, 2.24) is 5.32 Å². The van der Waals surface area contributed by atoms with Gasteiger partial charge in [-0.3, -0.25) is 5.32 Å². The molecule has 1 unspecified atom stereocenters. The monoisotopic (exact) mass is 267 g/mol. The second-order valence-electron chi connectivity index (χ2n) is 3.93. The average Bonchev–Trinajstić information content (AvgIpc) is 2.41. The first-order valence-corrected chi connectivity index (χ1v) is 6.19. The number of ether oxygens (including phenoxy) is 1. The Morgan fingerprint density at radius 2 is 2.11 bits per heavy atom. The van der Waals surface area contributed by atoms with Gasteiger partial charge in [0, 0.05) is 11.6 Å². The number of carbonyl (C=O) groups is 1. The van der Waals surface area contributed by atoms with E-state index in [0.717, 1.165) is 5.56 Å². The zero-order valence-corrected chi connectivity index (χ0v) is 11.5. The highest BCUT2D eigenvalue weighted by Gasteiger charge is 2.38. The molecule has 0 saturated carbocycles. The minimum atomic E-state index is -0.854. The van der Waals surface area contributed by atoms with Crippen LogP contribution in [-0.2, 0) is 15.1 Å². The van der Waals surface area contributed by atoms with Gasteiger partial charge in [-0.1, -0.05) is 36.7 Å². The zero-order chi connectivity index (χ0) is 13.6. The van der Waals surface area contributed by atoms with Crippen molar-refractivity contribution in [2.45, 2.75) is 18.9 Å². The summed E-state index contributed by atoms with van der Waals surface area (Å²) < 4.78 is 4.92. The number of carbonyl (C=O) groups excluding carboxylic acids is 1. The average molecular weight is 268 g/mol. The molecule has 3 nitrogen and oxygen atoms in total. The van der Waals surface area contributed by atoms with Crippen LogP contribution < -0.4 is 5.32 Å². The topological polar surface area (TPSA) is 38.3 Å². The lowest BCUT2D eigenvalue weighted by molar-refractivity contribution is -0.149. The van der Waals surface area contributed by atoms with Crippen molar-refractivity contribution in [3.05, 3.63) is 47.5 Å². The molecule has 98 valence electrons. The summed E-state index contributed by atoms with van der Waals surface area (Å²) in [5.41, 5.74) is -0.0174. The van der Waals surface area contributed by atoms with Crippen LogP contribution in [0.4, 0.5) is 0 Å². The quantitative estimate of drug-likeness (QED) is 0.636. The molecule has 0 saturated heterocycles. The van der Waals surface area contributed by atoms with E-state index in [1.807, 2.05) is 19.1 Å². The lowest BCUT2D eigenvalue weighted by Gasteiger charge is -2.31. The van der Waals surface area contributed by atoms with Gasteiger partial charge in [0.2, 0.25) is 0 Å². The molecule has 0 aliphatic rings. The lowest BCUT2D eigenvalue weighted by atomic mass is 9.87. The van der Waals surface area contributed by atoms with Crippen molar-refractivity contribution in [2.75, 3.05) is 13.7 Å².